The minimum atomic E-state index is -0.373. The lowest BCUT2D eigenvalue weighted by atomic mass is 10.1. The highest BCUT2D eigenvalue weighted by Gasteiger charge is 2.12. The molecule has 2 rings (SSSR count). The van der Waals surface area contributed by atoms with E-state index in [4.69, 9.17) is 4.74 Å². The average Bonchev–Trinajstić information content (AvgIpc) is 2.47. The molecule has 0 aliphatic carbocycles. The Morgan fingerprint density at radius 3 is 2.65 bits per heavy atom. The fraction of sp³-hybridized carbons (Fsp3) is 0.353. The topological polar surface area (TPSA) is 38.3 Å². The third-order valence-electron chi connectivity index (χ3n) is 3.37. The number of fused-ring (bicyclic) bond motifs is 1. The number of carbonyl (C=O) groups is 1. The van der Waals surface area contributed by atoms with Crippen molar-refractivity contribution in [2.24, 2.45) is 0 Å². The van der Waals surface area contributed by atoms with E-state index in [2.05, 4.69) is 12.2 Å². The van der Waals surface area contributed by atoms with Crippen molar-refractivity contribution in [3.63, 3.8) is 0 Å². The number of nitrogens with one attached hydrogen (secondary N) is 1. The van der Waals surface area contributed by atoms with Crippen LogP contribution in [0.15, 0.2) is 42.5 Å². The molecule has 1 unspecified atom stereocenters. The summed E-state index contributed by atoms with van der Waals surface area (Å²) < 4.78 is 5.44. The molecule has 0 bridgehead atoms. The van der Waals surface area contributed by atoms with Crippen LogP contribution >= 0.6 is 0 Å². The summed E-state index contributed by atoms with van der Waals surface area (Å²) in [6.45, 7) is 4.13. The van der Waals surface area contributed by atoms with Gasteiger partial charge in [0.15, 0.2) is 0 Å². The highest BCUT2D eigenvalue weighted by molar-refractivity contribution is 6.00. The van der Waals surface area contributed by atoms with Crippen molar-refractivity contribution in [1.29, 1.82) is 0 Å². The van der Waals surface area contributed by atoms with Gasteiger partial charge >= 0.3 is 6.09 Å². The van der Waals surface area contributed by atoms with Gasteiger partial charge in [-0.3, -0.25) is 5.32 Å². The molecule has 0 saturated carbocycles. The van der Waals surface area contributed by atoms with Crippen molar-refractivity contribution >= 4 is 22.6 Å². The Balaban J connectivity index is 2.10. The minimum Gasteiger partial charge on any atom is -0.446 e. The highest BCUT2D eigenvalue weighted by Crippen LogP contribution is 2.23. The van der Waals surface area contributed by atoms with E-state index in [0.29, 0.717) is 0 Å². The molecule has 2 aromatic rings. The Hall–Kier alpha value is -2.03. The number of anilines is 1. The zero-order valence-electron chi connectivity index (χ0n) is 12.1. The number of rotatable bonds is 5. The summed E-state index contributed by atoms with van der Waals surface area (Å²) in [6, 6.07) is 13.8. The summed E-state index contributed by atoms with van der Waals surface area (Å²) in [6.07, 6.45) is 2.38. The first-order chi connectivity index (χ1) is 9.74. The second-order valence-electron chi connectivity index (χ2n) is 4.88. The van der Waals surface area contributed by atoms with Crippen LogP contribution in [0, 0.1) is 0 Å². The van der Waals surface area contributed by atoms with Gasteiger partial charge in [-0.25, -0.2) is 4.79 Å². The van der Waals surface area contributed by atoms with Gasteiger partial charge in [0.2, 0.25) is 0 Å². The van der Waals surface area contributed by atoms with E-state index in [1.54, 1.807) is 0 Å². The van der Waals surface area contributed by atoms with E-state index in [0.717, 1.165) is 35.7 Å². The molecule has 0 spiro atoms. The molecule has 0 saturated heterocycles. The molecule has 2 aromatic carbocycles. The molecule has 0 fully saturated rings. The molecule has 3 nitrogen and oxygen atoms in total. The number of hydrogen-bond donors (Lipinski definition) is 1. The molecule has 0 aliphatic rings. The second kappa shape index (κ2) is 6.94. The average molecular weight is 271 g/mol. The van der Waals surface area contributed by atoms with Crippen LogP contribution in [0.5, 0.6) is 0 Å². The van der Waals surface area contributed by atoms with E-state index in [1.165, 1.54) is 0 Å². The first-order valence-corrected chi connectivity index (χ1v) is 7.20. The molecule has 0 heterocycles. The van der Waals surface area contributed by atoms with Crippen molar-refractivity contribution in [2.75, 3.05) is 5.32 Å². The van der Waals surface area contributed by atoms with Crippen LogP contribution in [0.1, 0.15) is 33.1 Å². The van der Waals surface area contributed by atoms with Crippen LogP contribution in [-0.2, 0) is 4.74 Å². The Kier molecular flexibility index (Phi) is 4.99. The van der Waals surface area contributed by atoms with Gasteiger partial charge < -0.3 is 4.74 Å². The maximum absolute atomic E-state index is 12.0. The molecular weight excluding hydrogens is 250 g/mol. The molecule has 0 aromatic heterocycles. The Morgan fingerprint density at radius 1 is 1.15 bits per heavy atom. The predicted molar refractivity (Wildman–Crippen MR) is 83.0 cm³/mol. The molecule has 1 atom stereocenters. The van der Waals surface area contributed by atoms with Crippen molar-refractivity contribution in [3.05, 3.63) is 42.5 Å². The fourth-order valence-electron chi connectivity index (χ4n) is 2.29. The smallest absolute Gasteiger partial charge is 0.411 e. The van der Waals surface area contributed by atoms with Gasteiger partial charge in [-0.05, 0) is 24.3 Å². The van der Waals surface area contributed by atoms with Gasteiger partial charge in [-0.1, -0.05) is 56.7 Å². The van der Waals surface area contributed by atoms with Crippen molar-refractivity contribution in [1.82, 2.24) is 0 Å². The Morgan fingerprint density at radius 2 is 1.90 bits per heavy atom. The molecule has 3 heteroatoms. The largest absolute Gasteiger partial charge is 0.446 e. The second-order valence-corrected chi connectivity index (χ2v) is 4.88. The standard InChI is InChI=1S/C17H21NO2/c1-3-8-14(4-2)20-17(19)18-16-12-7-10-13-9-5-6-11-15(13)16/h5-7,9-12,14H,3-4,8H2,1-2H3,(H,18,19). The molecule has 1 amide bonds. The SMILES string of the molecule is CCCC(CC)OC(=O)Nc1cccc2ccccc12. The number of carbonyl (C=O) groups excluding carboxylic acids is 1. The normalized spacial score (nSPS) is 12.1. The van der Waals surface area contributed by atoms with E-state index in [9.17, 15) is 4.79 Å². The zero-order chi connectivity index (χ0) is 14.4. The number of amides is 1. The third kappa shape index (κ3) is 3.50. The summed E-state index contributed by atoms with van der Waals surface area (Å²) in [4.78, 5) is 12.0. The van der Waals surface area contributed by atoms with Gasteiger partial charge in [0.25, 0.3) is 0 Å². The first kappa shape index (κ1) is 14.4. The number of ether oxygens (including phenoxy) is 1. The first-order valence-electron chi connectivity index (χ1n) is 7.20. The maximum atomic E-state index is 12.0. The summed E-state index contributed by atoms with van der Waals surface area (Å²) in [5.41, 5.74) is 0.791. The van der Waals surface area contributed by atoms with E-state index < -0.39 is 0 Å². The van der Waals surface area contributed by atoms with Crippen LogP contribution in [-0.4, -0.2) is 12.2 Å². The third-order valence-corrected chi connectivity index (χ3v) is 3.37. The summed E-state index contributed by atoms with van der Waals surface area (Å²) in [5.74, 6) is 0. The maximum Gasteiger partial charge on any atom is 0.411 e. The summed E-state index contributed by atoms with van der Waals surface area (Å²) in [7, 11) is 0. The van der Waals surface area contributed by atoms with Crippen molar-refractivity contribution in [3.8, 4) is 0 Å². The molecule has 106 valence electrons. The van der Waals surface area contributed by atoms with Gasteiger partial charge in [0, 0.05) is 5.39 Å². The van der Waals surface area contributed by atoms with Crippen LogP contribution < -0.4 is 5.32 Å². The predicted octanol–water partition coefficient (Wildman–Crippen LogP) is 4.97. The summed E-state index contributed by atoms with van der Waals surface area (Å²) >= 11 is 0. The number of benzene rings is 2. The lowest BCUT2D eigenvalue weighted by Crippen LogP contribution is -2.21. The minimum absolute atomic E-state index is 0.00465. The molecule has 0 radical (unpaired) electrons. The van der Waals surface area contributed by atoms with Gasteiger partial charge in [0.1, 0.15) is 6.10 Å². The Labute approximate surface area is 119 Å². The van der Waals surface area contributed by atoms with E-state index >= 15 is 0 Å². The lowest BCUT2D eigenvalue weighted by molar-refractivity contribution is 0.102. The Bertz CT molecular complexity index is 575. The van der Waals surface area contributed by atoms with Gasteiger partial charge in [-0.2, -0.15) is 0 Å². The zero-order valence-corrected chi connectivity index (χ0v) is 12.1. The van der Waals surface area contributed by atoms with Crippen LogP contribution in [0.4, 0.5) is 10.5 Å². The van der Waals surface area contributed by atoms with Crippen molar-refractivity contribution in [2.45, 2.75) is 39.2 Å². The van der Waals surface area contributed by atoms with Crippen LogP contribution in [0.25, 0.3) is 10.8 Å². The highest BCUT2D eigenvalue weighted by atomic mass is 16.6. The van der Waals surface area contributed by atoms with Gasteiger partial charge in [-0.15, -0.1) is 0 Å². The van der Waals surface area contributed by atoms with E-state index in [1.807, 2.05) is 49.4 Å². The number of hydrogen-bond acceptors (Lipinski definition) is 2. The fourth-order valence-corrected chi connectivity index (χ4v) is 2.29. The monoisotopic (exact) mass is 271 g/mol. The molecule has 0 aliphatic heterocycles. The van der Waals surface area contributed by atoms with Gasteiger partial charge in [0.05, 0.1) is 5.69 Å². The van der Waals surface area contributed by atoms with Crippen LogP contribution in [0.2, 0.25) is 0 Å². The molecule has 1 N–H and O–H groups in total. The quantitative estimate of drug-likeness (QED) is 0.834. The van der Waals surface area contributed by atoms with Crippen molar-refractivity contribution < 1.29 is 9.53 Å². The lowest BCUT2D eigenvalue weighted by Gasteiger charge is -2.16. The molecule has 20 heavy (non-hydrogen) atoms. The van der Waals surface area contributed by atoms with E-state index in [-0.39, 0.29) is 12.2 Å². The summed E-state index contributed by atoms with van der Waals surface area (Å²) in [5, 5.41) is 4.97. The molecular formula is C17H21NO2. The van der Waals surface area contributed by atoms with Crippen LogP contribution in [0.3, 0.4) is 0 Å².